The van der Waals surface area contributed by atoms with E-state index in [0.717, 1.165) is 105 Å². The molecule has 12 aromatic carbocycles. The highest BCUT2D eigenvalue weighted by atomic mass is 15.2. The smallest absolute Gasteiger partial charge is 0.238 e. The summed E-state index contributed by atoms with van der Waals surface area (Å²) in [5.41, 5.74) is 15.6. The summed E-state index contributed by atoms with van der Waals surface area (Å²) in [6.45, 7) is 0. The molecule has 0 aliphatic heterocycles. The third-order valence-corrected chi connectivity index (χ3v) is 17.1. The molecule has 0 aliphatic carbocycles. The monoisotopic (exact) mass is 1200 g/mol. The third kappa shape index (κ3) is 10.0. The van der Waals surface area contributed by atoms with Gasteiger partial charge < -0.3 is 4.57 Å². The maximum absolute atomic E-state index is 11.5. The van der Waals surface area contributed by atoms with Gasteiger partial charge in [-0.25, -0.2) is 34.9 Å². The Balaban J connectivity index is 0.854. The van der Waals surface area contributed by atoms with Crippen LogP contribution in [-0.4, -0.2) is 54.0 Å². The summed E-state index contributed by atoms with van der Waals surface area (Å²) in [5.74, 6) is 4.56. The van der Waals surface area contributed by atoms with Crippen LogP contribution in [0.3, 0.4) is 0 Å². The minimum Gasteiger partial charge on any atom is -0.308 e. The zero-order chi connectivity index (χ0) is 62.5. The van der Waals surface area contributed by atoms with Crippen molar-refractivity contribution in [1.29, 1.82) is 5.26 Å². The average molecular weight is 1200 g/mol. The SMILES string of the molecule is N#Cc1cc(-c2nc(-c3ccccc3)nc(-n3c4ccc(-c5ccccc5)cc4c4cc(-c5ccccc5)ccc43)n2)ccc1-n1c2ccc(-c3nc(-c4ccccc4)nc(-c4ccccc4)n3)cc2c2cc(-c3nc(-c4ccccc4)nc(-c4ccccc4)n3)ccc21. The lowest BCUT2D eigenvalue weighted by atomic mass is 10.0. The second-order valence-corrected chi connectivity index (χ2v) is 22.9. The number of rotatable bonds is 12. The van der Waals surface area contributed by atoms with E-state index in [2.05, 4.69) is 124 Å². The summed E-state index contributed by atoms with van der Waals surface area (Å²) in [6.07, 6.45) is 0. The van der Waals surface area contributed by atoms with E-state index in [1.165, 1.54) is 0 Å². The molecule has 0 amide bonds. The molecule has 5 aromatic heterocycles. The van der Waals surface area contributed by atoms with Crippen LogP contribution >= 0.6 is 0 Å². The summed E-state index contributed by atoms with van der Waals surface area (Å²) >= 11 is 0. The van der Waals surface area contributed by atoms with Gasteiger partial charge in [-0.1, -0.05) is 224 Å². The van der Waals surface area contributed by atoms with Crippen LogP contribution in [0.15, 0.2) is 303 Å². The molecular weight excluding hydrogens is 1150 g/mol. The lowest BCUT2D eigenvalue weighted by Crippen LogP contribution is -2.07. The standard InChI is InChI=1S/C82H50N12/c83-51-64-46-61(81-90-78(58-34-20-7-21-35-58)91-82(92-81)94-72-42-36-59(52-22-8-1-9-23-52)47-65(72)66-48-60(37-43-73(66)94)53-24-10-2-11-25-53)38-41-69(64)93-70-44-39-62(79-86-74(54-26-12-3-13-27-54)84-75(87-79)55-28-14-4-15-29-55)49-67(70)68-50-63(40-45-71(68)93)80-88-76(56-30-16-5-17-31-56)85-77(89-80)57-32-18-6-19-33-57/h1-50H. The van der Waals surface area contributed by atoms with Crippen molar-refractivity contribution >= 4 is 43.6 Å². The van der Waals surface area contributed by atoms with Crippen LogP contribution in [0.1, 0.15) is 5.56 Å². The molecule has 0 unspecified atom stereocenters. The normalized spacial score (nSPS) is 11.4. The van der Waals surface area contributed by atoms with E-state index in [9.17, 15) is 5.26 Å². The van der Waals surface area contributed by atoms with Crippen molar-refractivity contribution in [3.05, 3.63) is 309 Å². The van der Waals surface area contributed by atoms with Gasteiger partial charge >= 0.3 is 0 Å². The van der Waals surface area contributed by atoms with Gasteiger partial charge in [-0.15, -0.1) is 0 Å². The van der Waals surface area contributed by atoms with E-state index in [1.807, 2.05) is 194 Å². The number of aromatic nitrogens is 11. The number of benzene rings is 12. The molecule has 94 heavy (non-hydrogen) atoms. The van der Waals surface area contributed by atoms with E-state index in [4.69, 9.17) is 44.9 Å². The van der Waals surface area contributed by atoms with Crippen molar-refractivity contribution in [2.24, 2.45) is 0 Å². The molecule has 0 bridgehead atoms. The lowest BCUT2D eigenvalue weighted by molar-refractivity contribution is 0.953. The Morgan fingerprint density at radius 2 is 0.457 bits per heavy atom. The van der Waals surface area contributed by atoms with Crippen LogP contribution in [0, 0.1) is 11.3 Å². The second-order valence-electron chi connectivity index (χ2n) is 22.9. The van der Waals surface area contributed by atoms with E-state index in [-0.39, 0.29) is 0 Å². The maximum Gasteiger partial charge on any atom is 0.238 e. The first-order valence-electron chi connectivity index (χ1n) is 30.9. The van der Waals surface area contributed by atoms with Crippen LogP contribution in [0.2, 0.25) is 0 Å². The summed E-state index contributed by atoms with van der Waals surface area (Å²) in [5, 5.41) is 15.4. The van der Waals surface area contributed by atoms with Crippen LogP contribution in [0.5, 0.6) is 0 Å². The number of fused-ring (bicyclic) bond motifs is 6. The Morgan fingerprint density at radius 1 is 0.213 bits per heavy atom. The molecule has 17 aromatic rings. The second kappa shape index (κ2) is 23.3. The highest BCUT2D eigenvalue weighted by Crippen LogP contribution is 2.41. The molecule has 438 valence electrons. The third-order valence-electron chi connectivity index (χ3n) is 17.1. The predicted octanol–water partition coefficient (Wildman–Crippen LogP) is 19.0. The first-order valence-corrected chi connectivity index (χ1v) is 30.9. The molecule has 0 spiro atoms. The Kier molecular flexibility index (Phi) is 13.6. The van der Waals surface area contributed by atoms with Gasteiger partial charge in [0.1, 0.15) is 6.07 Å². The lowest BCUT2D eigenvalue weighted by Gasteiger charge is -2.14. The van der Waals surface area contributed by atoms with Gasteiger partial charge in [-0.3, -0.25) is 4.57 Å². The first-order chi connectivity index (χ1) is 46.5. The highest BCUT2D eigenvalue weighted by molar-refractivity contribution is 6.13. The highest BCUT2D eigenvalue weighted by Gasteiger charge is 2.24. The van der Waals surface area contributed by atoms with Gasteiger partial charge in [0.15, 0.2) is 46.6 Å². The molecule has 0 aliphatic rings. The van der Waals surface area contributed by atoms with Gasteiger partial charge in [0.2, 0.25) is 5.95 Å². The van der Waals surface area contributed by atoms with E-state index >= 15 is 0 Å². The van der Waals surface area contributed by atoms with Crippen molar-refractivity contribution in [1.82, 2.24) is 54.0 Å². The summed E-state index contributed by atoms with van der Waals surface area (Å²) in [6, 6.07) is 105. The molecule has 12 nitrogen and oxygen atoms in total. The summed E-state index contributed by atoms with van der Waals surface area (Å²) in [7, 11) is 0. The summed E-state index contributed by atoms with van der Waals surface area (Å²) < 4.78 is 4.28. The Hall–Kier alpha value is -13.2. The fourth-order valence-corrected chi connectivity index (χ4v) is 12.6. The molecule has 0 fully saturated rings. The quantitative estimate of drug-likeness (QED) is 0.116. The average Bonchev–Trinajstić information content (AvgIpc) is 1.61. The van der Waals surface area contributed by atoms with Gasteiger partial charge in [0.25, 0.3) is 0 Å². The van der Waals surface area contributed by atoms with Crippen molar-refractivity contribution < 1.29 is 0 Å². The molecule has 0 N–H and O–H groups in total. The number of nitrogens with zero attached hydrogens (tertiary/aromatic N) is 12. The molecular formula is C82H50N12. The maximum atomic E-state index is 11.5. The van der Waals surface area contributed by atoms with Gasteiger partial charge in [-0.05, 0) is 101 Å². The Bertz CT molecular complexity index is 5380. The van der Waals surface area contributed by atoms with Gasteiger partial charge in [0, 0.05) is 66.1 Å². The minimum atomic E-state index is 0.404. The largest absolute Gasteiger partial charge is 0.308 e. The topological polar surface area (TPSA) is 150 Å². The fourth-order valence-electron chi connectivity index (χ4n) is 12.6. The molecule has 0 saturated heterocycles. The number of hydrogen-bond donors (Lipinski definition) is 0. The molecule has 0 radical (unpaired) electrons. The van der Waals surface area contributed by atoms with E-state index < -0.39 is 0 Å². The van der Waals surface area contributed by atoms with Gasteiger partial charge in [0.05, 0.1) is 33.3 Å². The van der Waals surface area contributed by atoms with Crippen molar-refractivity contribution in [3.8, 4) is 131 Å². The molecule has 0 saturated carbocycles. The van der Waals surface area contributed by atoms with Gasteiger partial charge in [-0.2, -0.15) is 15.2 Å². The van der Waals surface area contributed by atoms with Crippen LogP contribution in [0.25, 0.3) is 169 Å². The van der Waals surface area contributed by atoms with E-state index in [0.29, 0.717) is 69.4 Å². The Labute approximate surface area is 539 Å². The summed E-state index contributed by atoms with van der Waals surface area (Å²) in [4.78, 5) is 46.5. The van der Waals surface area contributed by atoms with Crippen molar-refractivity contribution in [2.45, 2.75) is 0 Å². The van der Waals surface area contributed by atoms with Crippen LogP contribution < -0.4 is 0 Å². The predicted molar refractivity (Wildman–Crippen MR) is 374 cm³/mol. The molecule has 0 atom stereocenters. The van der Waals surface area contributed by atoms with E-state index in [1.54, 1.807) is 0 Å². The van der Waals surface area contributed by atoms with Crippen LogP contribution in [0.4, 0.5) is 0 Å². The molecule has 17 rings (SSSR count). The fraction of sp³-hybridized carbons (Fsp3) is 0. The zero-order valence-corrected chi connectivity index (χ0v) is 50.2. The minimum absolute atomic E-state index is 0.404. The molecule has 12 heteroatoms. The zero-order valence-electron chi connectivity index (χ0n) is 50.2. The van der Waals surface area contributed by atoms with Crippen molar-refractivity contribution in [3.63, 3.8) is 0 Å². The first kappa shape index (κ1) is 54.9. The number of hydrogen-bond acceptors (Lipinski definition) is 10. The number of nitriles is 1. The Morgan fingerprint density at radius 3 is 0.787 bits per heavy atom. The molecule has 5 heterocycles. The van der Waals surface area contributed by atoms with Crippen molar-refractivity contribution in [2.75, 3.05) is 0 Å². The van der Waals surface area contributed by atoms with Crippen LogP contribution in [-0.2, 0) is 0 Å².